The van der Waals surface area contributed by atoms with Gasteiger partial charge in [0.1, 0.15) is 5.82 Å². The summed E-state index contributed by atoms with van der Waals surface area (Å²) in [6.07, 6.45) is 1.03. The van der Waals surface area contributed by atoms with Gasteiger partial charge >= 0.3 is 0 Å². The van der Waals surface area contributed by atoms with Crippen molar-refractivity contribution in [3.8, 4) is 11.5 Å². The second-order valence-corrected chi connectivity index (χ2v) is 9.40. The van der Waals surface area contributed by atoms with E-state index in [1.807, 2.05) is 30.3 Å². The lowest BCUT2D eigenvalue weighted by Gasteiger charge is -2.22. The zero-order valence-electron chi connectivity index (χ0n) is 17.4. The highest BCUT2D eigenvalue weighted by Gasteiger charge is 2.28. The van der Waals surface area contributed by atoms with Crippen molar-refractivity contribution in [2.75, 3.05) is 26.2 Å². The van der Waals surface area contributed by atoms with Crippen LogP contribution in [0, 0.1) is 5.82 Å². The van der Waals surface area contributed by atoms with E-state index in [0.717, 1.165) is 17.7 Å². The Kier molecular flexibility index (Phi) is 6.61. The number of sulfonamides is 1. The predicted molar refractivity (Wildman–Crippen MR) is 114 cm³/mol. The molecule has 1 fully saturated rings. The summed E-state index contributed by atoms with van der Waals surface area (Å²) < 4.78 is 45.8. The Morgan fingerprint density at radius 1 is 0.969 bits per heavy atom. The summed E-state index contributed by atoms with van der Waals surface area (Å²) in [7, 11) is -3.73. The van der Waals surface area contributed by atoms with Gasteiger partial charge in [-0.15, -0.1) is 10.2 Å². The lowest BCUT2D eigenvalue weighted by molar-refractivity contribution is -0.131. The number of aromatic nitrogens is 2. The lowest BCUT2D eigenvalue weighted by Crippen LogP contribution is -2.37. The molecule has 0 N–H and O–H groups in total. The third-order valence-electron chi connectivity index (χ3n) is 5.30. The molecule has 0 atom stereocenters. The maximum atomic E-state index is 13.1. The second-order valence-electron chi connectivity index (χ2n) is 7.46. The zero-order chi connectivity index (χ0) is 22.6. The van der Waals surface area contributed by atoms with E-state index in [2.05, 4.69) is 10.2 Å². The highest BCUT2D eigenvalue weighted by molar-refractivity contribution is 7.89. The molecule has 1 saturated heterocycles. The van der Waals surface area contributed by atoms with Crippen molar-refractivity contribution in [2.45, 2.75) is 24.2 Å². The molecule has 0 bridgehead atoms. The average Bonchev–Trinajstić information content (AvgIpc) is 3.13. The van der Waals surface area contributed by atoms with Crippen LogP contribution in [-0.4, -0.2) is 59.9 Å². The third kappa shape index (κ3) is 5.03. The summed E-state index contributed by atoms with van der Waals surface area (Å²) in [6, 6.07) is 14.1. The van der Waals surface area contributed by atoms with Crippen LogP contribution in [0.2, 0.25) is 0 Å². The fourth-order valence-electron chi connectivity index (χ4n) is 3.56. The molecular formula is C22H23FN4O4S. The molecule has 1 aliphatic heterocycles. The van der Waals surface area contributed by atoms with Gasteiger partial charge in [0.05, 0.1) is 4.90 Å². The fraction of sp³-hybridized carbons (Fsp3) is 0.318. The normalized spacial score (nSPS) is 15.5. The van der Waals surface area contributed by atoms with Crippen molar-refractivity contribution in [1.82, 2.24) is 19.4 Å². The zero-order valence-corrected chi connectivity index (χ0v) is 18.2. The third-order valence-corrected chi connectivity index (χ3v) is 7.21. The van der Waals surface area contributed by atoms with Gasteiger partial charge in [0.2, 0.25) is 27.7 Å². The second kappa shape index (κ2) is 9.58. The number of aryl methyl sites for hydroxylation is 1. The summed E-state index contributed by atoms with van der Waals surface area (Å²) in [5, 5.41) is 8.04. The minimum absolute atomic E-state index is 0.0456. The molecule has 0 unspecified atom stereocenters. The Balaban J connectivity index is 1.33. The molecular weight excluding hydrogens is 435 g/mol. The molecule has 2 aromatic carbocycles. The Hall–Kier alpha value is -3.11. The highest BCUT2D eigenvalue weighted by Crippen LogP contribution is 2.20. The Morgan fingerprint density at radius 3 is 2.47 bits per heavy atom. The van der Waals surface area contributed by atoms with Crippen LogP contribution in [0.4, 0.5) is 4.39 Å². The number of hydrogen-bond donors (Lipinski definition) is 0. The van der Waals surface area contributed by atoms with Gasteiger partial charge in [-0.25, -0.2) is 12.8 Å². The summed E-state index contributed by atoms with van der Waals surface area (Å²) in [5.41, 5.74) is 0.813. The summed E-state index contributed by atoms with van der Waals surface area (Å²) in [4.78, 5) is 14.4. The molecule has 2 heterocycles. The molecule has 4 rings (SSSR count). The Bertz CT molecular complexity index is 1170. The van der Waals surface area contributed by atoms with E-state index in [0.29, 0.717) is 44.3 Å². The van der Waals surface area contributed by atoms with Crippen LogP contribution in [0.15, 0.2) is 63.9 Å². The van der Waals surface area contributed by atoms with Crippen molar-refractivity contribution in [3.63, 3.8) is 0 Å². The van der Waals surface area contributed by atoms with Crippen molar-refractivity contribution < 1.29 is 22.0 Å². The lowest BCUT2D eigenvalue weighted by atomic mass is 10.2. The van der Waals surface area contributed by atoms with Crippen molar-refractivity contribution in [1.29, 1.82) is 0 Å². The molecule has 0 radical (unpaired) electrons. The number of amides is 1. The molecule has 1 aliphatic rings. The predicted octanol–water partition coefficient (Wildman–Crippen LogP) is 2.73. The number of nitrogens with zero attached hydrogens (tertiary/aromatic N) is 4. The van der Waals surface area contributed by atoms with Crippen LogP contribution >= 0.6 is 0 Å². The number of carbonyl (C=O) groups excluding carboxylic acids is 1. The Morgan fingerprint density at radius 2 is 1.72 bits per heavy atom. The monoisotopic (exact) mass is 458 g/mol. The summed E-state index contributed by atoms with van der Waals surface area (Å²) in [6.45, 7) is 1.24. The van der Waals surface area contributed by atoms with Gasteiger partial charge < -0.3 is 9.32 Å². The van der Waals surface area contributed by atoms with Gasteiger partial charge in [0.15, 0.2) is 0 Å². The fourth-order valence-corrected chi connectivity index (χ4v) is 5.03. The first-order valence-electron chi connectivity index (χ1n) is 10.3. The molecule has 8 nitrogen and oxygen atoms in total. The first-order chi connectivity index (χ1) is 15.4. The molecule has 0 aliphatic carbocycles. The van der Waals surface area contributed by atoms with Gasteiger partial charge in [-0.1, -0.05) is 18.2 Å². The van der Waals surface area contributed by atoms with Gasteiger partial charge in [-0.3, -0.25) is 4.79 Å². The van der Waals surface area contributed by atoms with E-state index >= 15 is 0 Å². The minimum Gasteiger partial charge on any atom is -0.421 e. The SMILES string of the molecule is O=C(CCc1nnc(-c2ccccc2)o1)N1CCCN(S(=O)(=O)c2ccc(F)cc2)CC1. The molecule has 32 heavy (non-hydrogen) atoms. The van der Waals surface area contributed by atoms with Crippen LogP contribution in [0.1, 0.15) is 18.7 Å². The van der Waals surface area contributed by atoms with Crippen LogP contribution in [-0.2, 0) is 21.2 Å². The molecule has 0 spiro atoms. The molecule has 3 aromatic rings. The number of hydrogen-bond acceptors (Lipinski definition) is 6. The smallest absolute Gasteiger partial charge is 0.247 e. The first-order valence-corrected chi connectivity index (χ1v) is 11.8. The summed E-state index contributed by atoms with van der Waals surface area (Å²) in [5.74, 6) is 0.205. The van der Waals surface area contributed by atoms with Crippen LogP contribution in [0.25, 0.3) is 11.5 Å². The Labute approximate surface area is 185 Å². The number of carbonyl (C=O) groups is 1. The number of rotatable bonds is 6. The highest BCUT2D eigenvalue weighted by atomic mass is 32.2. The number of halogens is 1. The molecule has 0 saturated carbocycles. The molecule has 168 valence electrons. The van der Waals surface area contributed by atoms with Gasteiger partial charge in [-0.05, 0) is 42.8 Å². The largest absolute Gasteiger partial charge is 0.421 e. The standard InChI is InChI=1S/C22H23FN4O4S/c23-18-7-9-19(10-8-18)32(29,30)27-14-4-13-26(15-16-27)21(28)12-11-20-24-25-22(31-20)17-5-2-1-3-6-17/h1-3,5-10H,4,11-16H2. The quantitative estimate of drug-likeness (QED) is 0.564. The maximum Gasteiger partial charge on any atom is 0.247 e. The van der Waals surface area contributed by atoms with E-state index < -0.39 is 15.8 Å². The first kappa shape index (κ1) is 22.1. The van der Waals surface area contributed by atoms with Gasteiger partial charge in [-0.2, -0.15) is 4.31 Å². The van der Waals surface area contributed by atoms with Crippen LogP contribution in [0.3, 0.4) is 0 Å². The minimum atomic E-state index is -3.73. The summed E-state index contributed by atoms with van der Waals surface area (Å²) >= 11 is 0. The molecule has 10 heteroatoms. The topological polar surface area (TPSA) is 96.6 Å². The van der Waals surface area contributed by atoms with Crippen molar-refractivity contribution in [2.24, 2.45) is 0 Å². The molecule has 1 amide bonds. The van der Waals surface area contributed by atoms with Crippen LogP contribution in [0.5, 0.6) is 0 Å². The van der Waals surface area contributed by atoms with E-state index in [4.69, 9.17) is 4.42 Å². The molecule has 1 aromatic heterocycles. The van der Waals surface area contributed by atoms with Crippen LogP contribution < -0.4 is 0 Å². The van der Waals surface area contributed by atoms with E-state index in [1.54, 1.807) is 4.90 Å². The van der Waals surface area contributed by atoms with E-state index in [9.17, 15) is 17.6 Å². The van der Waals surface area contributed by atoms with E-state index in [1.165, 1.54) is 16.4 Å². The van der Waals surface area contributed by atoms with Crippen molar-refractivity contribution >= 4 is 15.9 Å². The van der Waals surface area contributed by atoms with Gasteiger partial charge in [0, 0.05) is 44.6 Å². The van der Waals surface area contributed by atoms with Gasteiger partial charge in [0.25, 0.3) is 0 Å². The van der Waals surface area contributed by atoms with E-state index in [-0.39, 0.29) is 23.8 Å². The average molecular weight is 459 g/mol. The maximum absolute atomic E-state index is 13.1. The number of benzene rings is 2. The van der Waals surface area contributed by atoms with Crippen molar-refractivity contribution in [3.05, 3.63) is 66.3 Å².